The van der Waals surface area contributed by atoms with Gasteiger partial charge in [0.25, 0.3) is 0 Å². The number of amides is 2. The number of carboxylic acids is 1. The molecule has 0 aromatic heterocycles. The molecule has 1 atom stereocenters. The monoisotopic (exact) mass is 401 g/mol. The predicted molar refractivity (Wildman–Crippen MR) is 111 cm³/mol. The van der Waals surface area contributed by atoms with E-state index in [1.165, 1.54) is 16.8 Å². The summed E-state index contributed by atoms with van der Waals surface area (Å²) in [6.45, 7) is 7.17. The van der Waals surface area contributed by atoms with Crippen molar-refractivity contribution >= 4 is 23.5 Å². The third kappa shape index (κ3) is 5.28. The zero-order valence-electron chi connectivity index (χ0n) is 17.4. The minimum absolute atomic E-state index is 0.00296. The number of piperazine rings is 1. The molecule has 0 bridgehead atoms. The maximum atomic E-state index is 12.8. The van der Waals surface area contributed by atoms with E-state index in [-0.39, 0.29) is 18.2 Å². The van der Waals surface area contributed by atoms with E-state index in [2.05, 4.69) is 42.3 Å². The van der Waals surface area contributed by atoms with Crippen LogP contribution in [0.1, 0.15) is 49.7 Å². The summed E-state index contributed by atoms with van der Waals surface area (Å²) in [5.74, 6) is -0.842. The Morgan fingerprint density at radius 1 is 1.10 bits per heavy atom. The van der Waals surface area contributed by atoms with Gasteiger partial charge in [-0.3, -0.25) is 14.4 Å². The Morgan fingerprint density at radius 2 is 1.79 bits per heavy atom. The minimum atomic E-state index is -0.876. The molecule has 2 heterocycles. The number of rotatable bonds is 7. The van der Waals surface area contributed by atoms with Crippen molar-refractivity contribution in [1.82, 2.24) is 10.2 Å². The van der Waals surface area contributed by atoms with Gasteiger partial charge in [0.2, 0.25) is 11.8 Å². The van der Waals surface area contributed by atoms with E-state index in [1.54, 1.807) is 0 Å². The van der Waals surface area contributed by atoms with Crippen molar-refractivity contribution in [2.75, 3.05) is 31.1 Å². The average Bonchev–Trinajstić information content (AvgIpc) is 3.08. The summed E-state index contributed by atoms with van der Waals surface area (Å²) in [6, 6.07) is 6.44. The lowest BCUT2D eigenvalue weighted by atomic mass is 9.86. The fourth-order valence-corrected chi connectivity index (χ4v) is 4.38. The maximum absolute atomic E-state index is 12.8. The molecular formula is C22H31N3O4. The molecule has 2 fully saturated rings. The topological polar surface area (TPSA) is 90.0 Å². The summed E-state index contributed by atoms with van der Waals surface area (Å²) in [6.07, 6.45) is 2.23. The van der Waals surface area contributed by atoms with Crippen LogP contribution in [0.15, 0.2) is 18.2 Å². The van der Waals surface area contributed by atoms with Crippen LogP contribution in [0, 0.1) is 13.8 Å². The molecule has 0 aliphatic carbocycles. The highest BCUT2D eigenvalue weighted by Gasteiger charge is 2.38. The van der Waals surface area contributed by atoms with E-state index >= 15 is 0 Å². The molecule has 0 radical (unpaired) electrons. The van der Waals surface area contributed by atoms with Gasteiger partial charge in [0, 0.05) is 56.7 Å². The molecule has 7 nitrogen and oxygen atoms in total. The van der Waals surface area contributed by atoms with E-state index in [1.807, 2.05) is 4.90 Å². The second kappa shape index (κ2) is 8.84. The van der Waals surface area contributed by atoms with Crippen LogP contribution >= 0.6 is 0 Å². The predicted octanol–water partition coefficient (Wildman–Crippen LogP) is 2.25. The Bertz CT molecular complexity index is 786. The number of hydrogen-bond donors (Lipinski definition) is 2. The Hall–Kier alpha value is -2.57. The lowest BCUT2D eigenvalue weighted by molar-refractivity contribution is -0.137. The lowest BCUT2D eigenvalue weighted by Crippen LogP contribution is -2.50. The van der Waals surface area contributed by atoms with Crippen LogP contribution in [0.2, 0.25) is 0 Å². The van der Waals surface area contributed by atoms with E-state index in [4.69, 9.17) is 5.11 Å². The third-order valence-electron chi connectivity index (χ3n) is 6.21. The molecule has 158 valence electrons. The number of carbonyl (C=O) groups excluding carboxylic acids is 2. The number of benzene rings is 1. The van der Waals surface area contributed by atoms with Gasteiger partial charge in [-0.15, -0.1) is 0 Å². The van der Waals surface area contributed by atoms with E-state index in [9.17, 15) is 14.4 Å². The van der Waals surface area contributed by atoms with Gasteiger partial charge in [-0.2, -0.15) is 0 Å². The Balaban J connectivity index is 1.53. The molecule has 2 saturated heterocycles. The molecule has 0 spiro atoms. The standard InChI is InChI=1S/C22H31N3O4/c1-16-3-4-17(2)18(15-16)24-11-13-25(14-12-24)20(27)6-9-22(10-7-21(28)29)8-5-19(26)23-22/h3-4,15H,5-14H2,1-2H3,(H,23,26)(H,28,29)/t22-/m0/s1. The van der Waals surface area contributed by atoms with Gasteiger partial charge in [-0.05, 0) is 50.3 Å². The fraction of sp³-hybridized carbons (Fsp3) is 0.591. The van der Waals surface area contributed by atoms with Gasteiger partial charge in [0.05, 0.1) is 0 Å². The molecule has 0 unspecified atom stereocenters. The van der Waals surface area contributed by atoms with E-state index in [0.717, 1.165) is 13.1 Å². The van der Waals surface area contributed by atoms with Crippen molar-refractivity contribution in [3.05, 3.63) is 29.3 Å². The van der Waals surface area contributed by atoms with Crippen LogP contribution in [-0.4, -0.2) is 59.5 Å². The Kier molecular flexibility index (Phi) is 6.45. The summed E-state index contributed by atoms with van der Waals surface area (Å²) in [4.78, 5) is 39.7. The average molecular weight is 402 g/mol. The fourth-order valence-electron chi connectivity index (χ4n) is 4.38. The number of hydrogen-bond acceptors (Lipinski definition) is 4. The van der Waals surface area contributed by atoms with Crippen LogP contribution in [0.5, 0.6) is 0 Å². The number of nitrogens with zero attached hydrogens (tertiary/aromatic N) is 2. The second-order valence-electron chi connectivity index (χ2n) is 8.38. The molecule has 2 aliphatic heterocycles. The molecule has 0 saturated carbocycles. The third-order valence-corrected chi connectivity index (χ3v) is 6.21. The SMILES string of the molecule is Cc1ccc(C)c(N2CCN(C(=O)CC[C@]3(CCC(=O)O)CCC(=O)N3)CC2)c1. The Labute approximate surface area is 172 Å². The molecule has 2 amide bonds. The van der Waals surface area contributed by atoms with Crippen molar-refractivity contribution in [3.63, 3.8) is 0 Å². The summed E-state index contributed by atoms with van der Waals surface area (Å²) < 4.78 is 0. The molecule has 1 aromatic rings. The van der Waals surface area contributed by atoms with Crippen molar-refractivity contribution in [1.29, 1.82) is 0 Å². The van der Waals surface area contributed by atoms with E-state index < -0.39 is 11.5 Å². The summed E-state index contributed by atoms with van der Waals surface area (Å²) in [5.41, 5.74) is 3.16. The largest absolute Gasteiger partial charge is 0.481 e. The van der Waals surface area contributed by atoms with Crippen molar-refractivity contribution in [2.45, 2.75) is 57.9 Å². The summed E-state index contributed by atoms with van der Waals surface area (Å²) in [5, 5.41) is 11.9. The number of carboxylic acid groups (broad SMARTS) is 1. The van der Waals surface area contributed by atoms with Crippen molar-refractivity contribution in [2.24, 2.45) is 0 Å². The van der Waals surface area contributed by atoms with Crippen LogP contribution in [-0.2, 0) is 14.4 Å². The number of carbonyl (C=O) groups is 3. The van der Waals surface area contributed by atoms with Crippen LogP contribution in [0.25, 0.3) is 0 Å². The first-order valence-corrected chi connectivity index (χ1v) is 10.4. The van der Waals surface area contributed by atoms with Gasteiger partial charge in [0.1, 0.15) is 0 Å². The first kappa shape index (κ1) is 21.1. The molecule has 7 heteroatoms. The smallest absolute Gasteiger partial charge is 0.303 e. The molecule has 2 N–H and O–H groups in total. The number of nitrogens with one attached hydrogen (secondary N) is 1. The normalized spacial score (nSPS) is 21.9. The van der Waals surface area contributed by atoms with Gasteiger partial charge in [-0.1, -0.05) is 12.1 Å². The minimum Gasteiger partial charge on any atom is -0.481 e. The molecule has 3 rings (SSSR count). The molecule has 29 heavy (non-hydrogen) atoms. The quantitative estimate of drug-likeness (QED) is 0.731. The lowest BCUT2D eigenvalue weighted by Gasteiger charge is -2.37. The van der Waals surface area contributed by atoms with Crippen molar-refractivity contribution < 1.29 is 19.5 Å². The molecular weight excluding hydrogens is 370 g/mol. The van der Waals surface area contributed by atoms with Gasteiger partial charge >= 0.3 is 5.97 Å². The maximum Gasteiger partial charge on any atom is 0.303 e. The second-order valence-corrected chi connectivity index (χ2v) is 8.38. The highest BCUT2D eigenvalue weighted by molar-refractivity contribution is 5.80. The van der Waals surface area contributed by atoms with Gasteiger partial charge in [0.15, 0.2) is 0 Å². The number of aliphatic carboxylic acids is 1. The first-order valence-electron chi connectivity index (χ1n) is 10.4. The first-order chi connectivity index (χ1) is 13.8. The van der Waals surface area contributed by atoms with Crippen LogP contribution in [0.4, 0.5) is 5.69 Å². The number of aryl methyl sites for hydroxylation is 2. The summed E-state index contributed by atoms with van der Waals surface area (Å²) in [7, 11) is 0. The van der Waals surface area contributed by atoms with Crippen LogP contribution < -0.4 is 10.2 Å². The summed E-state index contributed by atoms with van der Waals surface area (Å²) >= 11 is 0. The molecule has 2 aliphatic rings. The highest BCUT2D eigenvalue weighted by atomic mass is 16.4. The van der Waals surface area contributed by atoms with Crippen molar-refractivity contribution in [3.8, 4) is 0 Å². The Morgan fingerprint density at radius 3 is 2.41 bits per heavy atom. The van der Waals surface area contributed by atoms with Gasteiger partial charge < -0.3 is 20.2 Å². The molecule has 1 aromatic carbocycles. The van der Waals surface area contributed by atoms with E-state index in [0.29, 0.717) is 45.2 Å². The van der Waals surface area contributed by atoms with Crippen LogP contribution in [0.3, 0.4) is 0 Å². The zero-order chi connectivity index (χ0) is 21.0. The number of anilines is 1. The highest BCUT2D eigenvalue weighted by Crippen LogP contribution is 2.31. The van der Waals surface area contributed by atoms with Gasteiger partial charge in [-0.25, -0.2) is 0 Å². The zero-order valence-corrected chi connectivity index (χ0v) is 17.4.